The van der Waals surface area contributed by atoms with Crippen LogP contribution in [-0.2, 0) is 13.5 Å². The van der Waals surface area contributed by atoms with Gasteiger partial charge in [0.1, 0.15) is 0 Å². The van der Waals surface area contributed by atoms with Gasteiger partial charge in [-0.3, -0.25) is 4.68 Å². The van der Waals surface area contributed by atoms with E-state index < -0.39 is 0 Å². The van der Waals surface area contributed by atoms with Gasteiger partial charge in [-0.2, -0.15) is 5.10 Å². The summed E-state index contributed by atoms with van der Waals surface area (Å²) in [6.07, 6.45) is 6.88. The van der Waals surface area contributed by atoms with E-state index in [9.17, 15) is 5.11 Å². The number of aromatic nitrogens is 2. The molecule has 2 aliphatic carbocycles. The highest BCUT2D eigenvalue weighted by atomic mass is 16.3. The molecule has 4 nitrogen and oxygen atoms in total. The first kappa shape index (κ1) is 20.2. The Labute approximate surface area is 184 Å². The summed E-state index contributed by atoms with van der Waals surface area (Å²) in [6, 6.07) is 13.2. The van der Waals surface area contributed by atoms with E-state index in [2.05, 4.69) is 66.3 Å². The number of hydrogen-bond acceptors (Lipinski definition) is 3. The van der Waals surface area contributed by atoms with Crippen LogP contribution < -0.4 is 0 Å². The summed E-state index contributed by atoms with van der Waals surface area (Å²) in [6.45, 7) is 7.71. The number of aliphatic hydroxyl groups excluding tert-OH is 1. The second kappa shape index (κ2) is 8.10. The fraction of sp³-hybridized carbons (Fsp3) is 0.370. The van der Waals surface area contributed by atoms with E-state index in [0.29, 0.717) is 0 Å². The molecule has 31 heavy (non-hydrogen) atoms. The number of rotatable bonds is 6. The zero-order valence-corrected chi connectivity index (χ0v) is 18.7. The first-order chi connectivity index (χ1) is 15.1. The van der Waals surface area contributed by atoms with Crippen LogP contribution in [0.2, 0.25) is 0 Å². The molecule has 0 fully saturated rings. The molecule has 0 amide bonds. The third kappa shape index (κ3) is 3.44. The molecule has 2 aromatic carbocycles. The topological polar surface area (TPSA) is 41.3 Å². The van der Waals surface area contributed by atoms with E-state index in [1.54, 1.807) is 0 Å². The van der Waals surface area contributed by atoms with Crippen LogP contribution in [0.4, 0.5) is 0 Å². The molecule has 2 aliphatic rings. The lowest BCUT2D eigenvalue weighted by atomic mass is 9.95. The zero-order valence-electron chi connectivity index (χ0n) is 18.7. The molecule has 0 saturated carbocycles. The quantitative estimate of drug-likeness (QED) is 0.472. The van der Waals surface area contributed by atoms with Crippen molar-refractivity contribution in [1.82, 2.24) is 14.7 Å². The van der Waals surface area contributed by atoms with Gasteiger partial charge in [-0.25, -0.2) is 0 Å². The van der Waals surface area contributed by atoms with Gasteiger partial charge in [-0.1, -0.05) is 44.2 Å². The molecule has 0 aliphatic heterocycles. The van der Waals surface area contributed by atoms with Crippen LogP contribution in [0.15, 0.2) is 48.7 Å². The number of aliphatic hydroxyl groups is 1. The van der Waals surface area contributed by atoms with Crippen molar-refractivity contribution < 1.29 is 5.11 Å². The van der Waals surface area contributed by atoms with E-state index in [4.69, 9.17) is 0 Å². The largest absolute Gasteiger partial charge is 0.388 e. The summed E-state index contributed by atoms with van der Waals surface area (Å²) < 4.78 is 1.85. The lowest BCUT2D eigenvalue weighted by Gasteiger charge is -2.16. The number of benzene rings is 2. The summed E-state index contributed by atoms with van der Waals surface area (Å²) in [4.78, 5) is 2.47. The van der Waals surface area contributed by atoms with E-state index in [-0.39, 0.29) is 6.10 Å². The SMILES string of the molecule is CCN(CC)CCC=C1c2ccc(-c3ccn(C)n3)cc2-c2c1ccc1c2CCC1O. The minimum atomic E-state index is -0.335. The fourth-order valence-electron chi connectivity index (χ4n) is 5.22. The second-order valence-electron chi connectivity index (χ2n) is 8.68. The first-order valence-corrected chi connectivity index (χ1v) is 11.5. The maximum Gasteiger partial charge on any atom is 0.0923 e. The first-order valence-electron chi connectivity index (χ1n) is 11.5. The molecular weight excluding hydrogens is 382 g/mol. The van der Waals surface area contributed by atoms with E-state index in [1.165, 1.54) is 33.4 Å². The maximum atomic E-state index is 10.5. The summed E-state index contributed by atoms with van der Waals surface area (Å²) in [5.41, 5.74) is 11.2. The molecule has 1 heterocycles. The third-order valence-corrected chi connectivity index (χ3v) is 6.94. The van der Waals surface area contributed by atoms with Crippen molar-refractivity contribution in [2.45, 2.75) is 39.2 Å². The molecule has 1 N–H and O–H groups in total. The van der Waals surface area contributed by atoms with Crippen molar-refractivity contribution in [1.29, 1.82) is 0 Å². The average molecular weight is 414 g/mol. The van der Waals surface area contributed by atoms with Gasteiger partial charge in [-0.05, 0) is 83.4 Å². The Balaban J connectivity index is 1.62. The lowest BCUT2D eigenvalue weighted by molar-refractivity contribution is 0.180. The van der Waals surface area contributed by atoms with Crippen molar-refractivity contribution >= 4 is 5.57 Å². The van der Waals surface area contributed by atoms with Gasteiger partial charge >= 0.3 is 0 Å². The number of aryl methyl sites for hydroxylation is 1. The Morgan fingerprint density at radius 1 is 1.10 bits per heavy atom. The summed E-state index contributed by atoms with van der Waals surface area (Å²) in [7, 11) is 1.96. The summed E-state index contributed by atoms with van der Waals surface area (Å²) >= 11 is 0. The standard InChI is InChI=1S/C27H31N3O/c1-4-30(5-2)15-6-7-19-20-9-8-18(25-14-16-29(3)28-25)17-24(20)27-22(19)11-10-21-23(27)12-13-26(21)31/h7-11,14,16-17,26,31H,4-6,12-13,15H2,1-3H3. The number of hydrogen-bond donors (Lipinski definition) is 1. The van der Waals surface area contributed by atoms with Crippen LogP contribution in [0.5, 0.6) is 0 Å². The number of fused-ring (bicyclic) bond motifs is 5. The van der Waals surface area contributed by atoms with E-state index in [0.717, 1.165) is 55.7 Å². The highest BCUT2D eigenvalue weighted by Gasteiger charge is 2.31. The molecule has 1 atom stereocenters. The monoisotopic (exact) mass is 413 g/mol. The van der Waals surface area contributed by atoms with Crippen LogP contribution in [0.25, 0.3) is 28.0 Å². The Bertz CT molecular complexity index is 1150. The van der Waals surface area contributed by atoms with Gasteiger partial charge in [-0.15, -0.1) is 0 Å². The van der Waals surface area contributed by atoms with E-state index >= 15 is 0 Å². The highest BCUT2D eigenvalue weighted by molar-refractivity contribution is 6.03. The molecule has 3 aromatic rings. The second-order valence-corrected chi connectivity index (χ2v) is 8.68. The zero-order chi connectivity index (χ0) is 21.5. The number of nitrogens with zero attached hydrogens (tertiary/aromatic N) is 3. The Kier molecular flexibility index (Phi) is 5.28. The molecule has 1 unspecified atom stereocenters. The van der Waals surface area contributed by atoms with Gasteiger partial charge < -0.3 is 10.0 Å². The molecular formula is C27H31N3O. The molecule has 0 saturated heterocycles. The summed E-state index contributed by atoms with van der Waals surface area (Å²) in [5.74, 6) is 0. The smallest absolute Gasteiger partial charge is 0.0923 e. The van der Waals surface area contributed by atoms with Crippen molar-refractivity contribution in [3.63, 3.8) is 0 Å². The van der Waals surface area contributed by atoms with Crippen molar-refractivity contribution in [3.8, 4) is 22.4 Å². The Hall–Kier alpha value is -2.69. The molecule has 5 rings (SSSR count). The van der Waals surface area contributed by atoms with Gasteiger partial charge in [0.05, 0.1) is 11.8 Å². The predicted octanol–water partition coefficient (Wildman–Crippen LogP) is 5.21. The van der Waals surface area contributed by atoms with Crippen molar-refractivity contribution in [2.75, 3.05) is 19.6 Å². The van der Waals surface area contributed by atoms with Crippen LogP contribution in [0, 0.1) is 0 Å². The Morgan fingerprint density at radius 3 is 2.65 bits per heavy atom. The molecule has 1 aromatic heterocycles. The molecule has 0 radical (unpaired) electrons. The van der Waals surface area contributed by atoms with Crippen molar-refractivity contribution in [2.24, 2.45) is 7.05 Å². The third-order valence-electron chi connectivity index (χ3n) is 6.94. The maximum absolute atomic E-state index is 10.5. The fourth-order valence-corrected chi connectivity index (χ4v) is 5.22. The molecule has 0 bridgehead atoms. The molecule has 160 valence electrons. The van der Waals surface area contributed by atoms with Gasteiger partial charge in [0.2, 0.25) is 0 Å². The molecule has 4 heteroatoms. The molecule has 0 spiro atoms. The van der Waals surface area contributed by atoms with E-state index in [1.807, 2.05) is 17.9 Å². The van der Waals surface area contributed by atoms with Crippen molar-refractivity contribution in [3.05, 3.63) is 70.9 Å². The van der Waals surface area contributed by atoms with Crippen LogP contribution >= 0.6 is 0 Å². The minimum Gasteiger partial charge on any atom is -0.388 e. The van der Waals surface area contributed by atoms with Crippen LogP contribution in [0.3, 0.4) is 0 Å². The average Bonchev–Trinajstić information content (AvgIpc) is 3.47. The van der Waals surface area contributed by atoms with Gasteiger partial charge in [0, 0.05) is 25.4 Å². The normalized spacial score (nSPS) is 18.0. The van der Waals surface area contributed by atoms with Crippen LogP contribution in [0.1, 0.15) is 55.0 Å². The highest BCUT2D eigenvalue weighted by Crippen LogP contribution is 2.50. The summed E-state index contributed by atoms with van der Waals surface area (Å²) in [5, 5.41) is 15.1. The minimum absolute atomic E-state index is 0.335. The van der Waals surface area contributed by atoms with Gasteiger partial charge in [0.25, 0.3) is 0 Å². The predicted molar refractivity (Wildman–Crippen MR) is 127 cm³/mol. The van der Waals surface area contributed by atoms with Gasteiger partial charge in [0.15, 0.2) is 0 Å². The lowest BCUT2D eigenvalue weighted by Crippen LogP contribution is -2.23. The van der Waals surface area contributed by atoms with Crippen LogP contribution in [-0.4, -0.2) is 39.4 Å². The Morgan fingerprint density at radius 2 is 1.90 bits per heavy atom.